The van der Waals surface area contributed by atoms with Crippen molar-refractivity contribution in [2.45, 2.75) is 20.3 Å². The van der Waals surface area contributed by atoms with Gasteiger partial charge in [0.05, 0.1) is 7.11 Å². The van der Waals surface area contributed by atoms with Gasteiger partial charge >= 0.3 is 0 Å². The standard InChI is InChI=1S/C19H27NO/c1-5-18(13-12-17(3)21-4)16-20(6-2)15-14-19-10-8-7-9-11-19/h5,7-13H,3,6,14-16H2,1-2,4H3/b13-12-,18-5+. The van der Waals surface area contributed by atoms with E-state index in [1.807, 2.05) is 6.08 Å². The smallest absolute Gasteiger partial charge is 0.111 e. The molecule has 0 amide bonds. The van der Waals surface area contributed by atoms with E-state index in [2.05, 4.69) is 67.8 Å². The molecule has 0 aliphatic rings. The molecule has 21 heavy (non-hydrogen) atoms. The van der Waals surface area contributed by atoms with Gasteiger partial charge in [0.2, 0.25) is 0 Å². The maximum Gasteiger partial charge on any atom is 0.111 e. The summed E-state index contributed by atoms with van der Waals surface area (Å²) in [7, 11) is 1.64. The van der Waals surface area contributed by atoms with Crippen LogP contribution in [-0.2, 0) is 11.2 Å². The molecule has 0 N–H and O–H groups in total. The number of rotatable bonds is 9. The lowest BCUT2D eigenvalue weighted by atomic mass is 10.1. The van der Waals surface area contributed by atoms with Crippen molar-refractivity contribution in [3.8, 4) is 0 Å². The first-order valence-electron chi connectivity index (χ1n) is 7.52. The predicted octanol–water partition coefficient (Wildman–Crippen LogP) is 4.21. The fourth-order valence-corrected chi connectivity index (χ4v) is 2.05. The van der Waals surface area contributed by atoms with E-state index in [0.717, 1.165) is 26.1 Å². The summed E-state index contributed by atoms with van der Waals surface area (Å²) in [5, 5.41) is 0. The molecule has 0 atom stereocenters. The quantitative estimate of drug-likeness (QED) is 0.498. The zero-order valence-corrected chi connectivity index (χ0v) is 13.5. The van der Waals surface area contributed by atoms with Gasteiger partial charge in [-0.05, 0) is 37.1 Å². The van der Waals surface area contributed by atoms with Gasteiger partial charge in [0.15, 0.2) is 0 Å². The minimum absolute atomic E-state index is 0.682. The van der Waals surface area contributed by atoms with Gasteiger partial charge in [-0.3, -0.25) is 4.90 Å². The molecule has 0 unspecified atom stereocenters. The first-order chi connectivity index (χ1) is 10.2. The number of ether oxygens (including phenoxy) is 1. The fourth-order valence-electron chi connectivity index (χ4n) is 2.05. The molecular weight excluding hydrogens is 258 g/mol. The van der Waals surface area contributed by atoms with Crippen molar-refractivity contribution < 1.29 is 4.74 Å². The molecule has 0 fully saturated rings. The topological polar surface area (TPSA) is 12.5 Å². The van der Waals surface area contributed by atoms with Crippen LogP contribution in [0.1, 0.15) is 19.4 Å². The van der Waals surface area contributed by atoms with E-state index in [9.17, 15) is 0 Å². The molecule has 1 aromatic carbocycles. The van der Waals surface area contributed by atoms with Crippen LogP contribution in [0.25, 0.3) is 0 Å². The molecule has 0 aromatic heterocycles. The van der Waals surface area contributed by atoms with Crippen molar-refractivity contribution in [1.82, 2.24) is 4.90 Å². The second-order valence-corrected chi connectivity index (χ2v) is 4.97. The summed E-state index contributed by atoms with van der Waals surface area (Å²) in [5.74, 6) is 0.682. The number of hydrogen-bond acceptors (Lipinski definition) is 2. The Labute approximate surface area is 129 Å². The zero-order chi connectivity index (χ0) is 15.5. The molecule has 1 aromatic rings. The Bertz CT molecular complexity index is 474. The van der Waals surface area contributed by atoms with Gasteiger partial charge in [-0.15, -0.1) is 0 Å². The molecule has 0 aliphatic carbocycles. The monoisotopic (exact) mass is 285 g/mol. The van der Waals surface area contributed by atoms with E-state index in [1.165, 1.54) is 11.1 Å². The number of methoxy groups -OCH3 is 1. The highest BCUT2D eigenvalue weighted by atomic mass is 16.5. The first kappa shape index (κ1) is 17.3. The summed E-state index contributed by atoms with van der Waals surface area (Å²) in [5.41, 5.74) is 2.67. The number of allylic oxidation sites excluding steroid dienone is 2. The zero-order valence-electron chi connectivity index (χ0n) is 13.5. The van der Waals surface area contributed by atoms with Crippen LogP contribution < -0.4 is 0 Å². The van der Waals surface area contributed by atoms with Crippen molar-refractivity contribution in [3.05, 3.63) is 72.0 Å². The third kappa shape index (κ3) is 6.96. The first-order valence-corrected chi connectivity index (χ1v) is 7.52. The molecule has 1 rings (SSSR count). The third-order valence-corrected chi connectivity index (χ3v) is 3.53. The van der Waals surface area contributed by atoms with Gasteiger partial charge in [-0.2, -0.15) is 0 Å². The van der Waals surface area contributed by atoms with Crippen LogP contribution in [0.5, 0.6) is 0 Å². The fraction of sp³-hybridized carbons (Fsp3) is 0.368. The number of likely N-dealkylation sites (N-methyl/N-ethyl adjacent to an activating group) is 1. The van der Waals surface area contributed by atoms with Crippen LogP contribution in [0, 0.1) is 0 Å². The summed E-state index contributed by atoms with van der Waals surface area (Å²) in [6.07, 6.45) is 7.22. The van der Waals surface area contributed by atoms with Crippen molar-refractivity contribution in [2.75, 3.05) is 26.7 Å². The van der Waals surface area contributed by atoms with E-state index >= 15 is 0 Å². The Kier molecular flexibility index (Phi) is 8.22. The maximum atomic E-state index is 5.06. The van der Waals surface area contributed by atoms with Crippen molar-refractivity contribution in [2.24, 2.45) is 0 Å². The van der Waals surface area contributed by atoms with E-state index < -0.39 is 0 Å². The molecule has 0 heterocycles. The molecule has 0 saturated carbocycles. The van der Waals surface area contributed by atoms with Gasteiger partial charge in [0.25, 0.3) is 0 Å². The van der Waals surface area contributed by atoms with Crippen LogP contribution in [0.3, 0.4) is 0 Å². The van der Waals surface area contributed by atoms with E-state index in [0.29, 0.717) is 5.76 Å². The van der Waals surface area contributed by atoms with Gasteiger partial charge in [-0.25, -0.2) is 0 Å². The number of nitrogens with zero attached hydrogens (tertiary/aromatic N) is 1. The van der Waals surface area contributed by atoms with Crippen LogP contribution in [0.2, 0.25) is 0 Å². The molecule has 0 saturated heterocycles. The van der Waals surface area contributed by atoms with Crippen LogP contribution in [0.15, 0.2) is 66.5 Å². The molecular formula is C19H27NO. The van der Waals surface area contributed by atoms with Gasteiger partial charge in [0, 0.05) is 13.1 Å². The van der Waals surface area contributed by atoms with E-state index in [-0.39, 0.29) is 0 Å². The molecule has 114 valence electrons. The Morgan fingerprint density at radius 3 is 2.52 bits per heavy atom. The average molecular weight is 285 g/mol. The lowest BCUT2D eigenvalue weighted by molar-refractivity contribution is 0.308. The summed E-state index contributed by atoms with van der Waals surface area (Å²) in [6, 6.07) is 10.6. The Morgan fingerprint density at radius 2 is 1.95 bits per heavy atom. The lowest BCUT2D eigenvalue weighted by Crippen LogP contribution is -2.27. The highest BCUT2D eigenvalue weighted by Crippen LogP contribution is 2.07. The van der Waals surface area contributed by atoms with E-state index in [1.54, 1.807) is 7.11 Å². The Morgan fingerprint density at radius 1 is 1.24 bits per heavy atom. The number of hydrogen-bond donors (Lipinski definition) is 0. The van der Waals surface area contributed by atoms with Gasteiger partial charge < -0.3 is 4.74 Å². The third-order valence-electron chi connectivity index (χ3n) is 3.53. The average Bonchev–Trinajstić information content (AvgIpc) is 2.54. The van der Waals surface area contributed by atoms with Crippen molar-refractivity contribution in [1.29, 1.82) is 0 Å². The molecule has 2 heteroatoms. The van der Waals surface area contributed by atoms with Gasteiger partial charge in [-0.1, -0.05) is 56.0 Å². The van der Waals surface area contributed by atoms with E-state index in [4.69, 9.17) is 4.74 Å². The summed E-state index contributed by atoms with van der Waals surface area (Å²) in [6.45, 7) is 11.1. The van der Waals surface area contributed by atoms with Crippen LogP contribution in [-0.4, -0.2) is 31.6 Å². The second kappa shape index (κ2) is 10.0. The van der Waals surface area contributed by atoms with Crippen LogP contribution in [0.4, 0.5) is 0 Å². The normalized spacial score (nSPS) is 12.1. The second-order valence-electron chi connectivity index (χ2n) is 4.97. The van der Waals surface area contributed by atoms with Crippen molar-refractivity contribution in [3.63, 3.8) is 0 Å². The molecule has 0 aliphatic heterocycles. The highest BCUT2D eigenvalue weighted by molar-refractivity contribution is 5.24. The van der Waals surface area contributed by atoms with Gasteiger partial charge in [0.1, 0.15) is 5.76 Å². The SMILES string of the molecule is C=C(/C=C\C(=C/C)CN(CC)CCc1ccccc1)OC. The number of benzene rings is 1. The molecule has 0 radical (unpaired) electrons. The summed E-state index contributed by atoms with van der Waals surface area (Å²) >= 11 is 0. The Hall–Kier alpha value is -1.80. The van der Waals surface area contributed by atoms with Crippen LogP contribution >= 0.6 is 0 Å². The minimum atomic E-state index is 0.682. The summed E-state index contributed by atoms with van der Waals surface area (Å²) in [4.78, 5) is 2.45. The lowest BCUT2D eigenvalue weighted by Gasteiger charge is -2.21. The molecule has 0 bridgehead atoms. The minimum Gasteiger partial charge on any atom is -0.497 e. The maximum absolute atomic E-state index is 5.06. The molecule has 0 spiro atoms. The Balaban J connectivity index is 2.52. The van der Waals surface area contributed by atoms with Crippen molar-refractivity contribution >= 4 is 0 Å². The summed E-state index contributed by atoms with van der Waals surface area (Å²) < 4.78 is 5.06. The highest BCUT2D eigenvalue weighted by Gasteiger charge is 2.04. The largest absolute Gasteiger partial charge is 0.497 e. The predicted molar refractivity (Wildman–Crippen MR) is 91.3 cm³/mol. The molecule has 2 nitrogen and oxygen atoms in total.